The first-order valence-corrected chi connectivity index (χ1v) is 11.5. The van der Waals surface area contributed by atoms with Gasteiger partial charge in [-0.15, -0.1) is 0 Å². The predicted molar refractivity (Wildman–Crippen MR) is 130 cm³/mol. The summed E-state index contributed by atoms with van der Waals surface area (Å²) in [7, 11) is 1.87. The predicted octanol–water partition coefficient (Wildman–Crippen LogP) is 3.78. The van der Waals surface area contributed by atoms with E-state index in [1.54, 1.807) is 35.1 Å². The molecule has 1 N–H and O–H groups in total. The van der Waals surface area contributed by atoms with Gasteiger partial charge >= 0.3 is 0 Å². The summed E-state index contributed by atoms with van der Waals surface area (Å²) in [5.74, 6) is 0.978. The third kappa shape index (κ3) is 6.02. The van der Waals surface area contributed by atoms with Crippen molar-refractivity contribution in [2.45, 2.75) is 19.8 Å². The second-order valence-corrected chi connectivity index (χ2v) is 8.37. The maximum Gasteiger partial charge on any atom is 0.262 e. The second kappa shape index (κ2) is 11.0. The van der Waals surface area contributed by atoms with Crippen LogP contribution in [0.15, 0.2) is 54.7 Å². The van der Waals surface area contributed by atoms with E-state index in [1.165, 1.54) is 19.8 Å². The molecule has 1 aliphatic rings. The highest BCUT2D eigenvalue weighted by atomic mass is 16.5. The summed E-state index contributed by atoms with van der Waals surface area (Å²) in [5, 5.41) is 7.15. The number of aromatic nitrogens is 2. The lowest BCUT2D eigenvalue weighted by Crippen LogP contribution is -2.25. The van der Waals surface area contributed by atoms with E-state index in [2.05, 4.69) is 15.3 Å². The first-order valence-electron chi connectivity index (χ1n) is 11.5. The summed E-state index contributed by atoms with van der Waals surface area (Å²) in [6, 6.07) is 14.2. The molecule has 1 fully saturated rings. The number of benzene rings is 2. The number of carbonyl (C=O) groups excluding carboxylic acids is 2. The minimum absolute atomic E-state index is 0.0167. The molecule has 0 spiro atoms. The van der Waals surface area contributed by atoms with Crippen LogP contribution in [0.5, 0.6) is 11.5 Å². The van der Waals surface area contributed by atoms with Crippen LogP contribution in [-0.2, 0) is 11.8 Å². The van der Waals surface area contributed by atoms with Crippen LogP contribution in [0.25, 0.3) is 11.3 Å². The number of nitrogens with zero attached hydrogens (tertiary/aromatic N) is 3. The van der Waals surface area contributed by atoms with Gasteiger partial charge in [-0.1, -0.05) is 0 Å². The number of amides is 1. The Morgan fingerprint density at radius 2 is 1.79 bits per heavy atom. The number of carbonyl (C=O) groups is 2. The van der Waals surface area contributed by atoms with E-state index < -0.39 is 0 Å². The zero-order chi connectivity index (χ0) is 23.9. The van der Waals surface area contributed by atoms with Gasteiger partial charge in [0.1, 0.15) is 18.1 Å². The Morgan fingerprint density at radius 3 is 2.47 bits per heavy atom. The SMILES string of the molecule is CC(=O)c1ccc(OCC(=O)Nc2ccc(OCCN3CCCC3)c(-c3ccnn3C)c2)cc1. The average Bonchev–Trinajstić information content (AvgIpc) is 3.50. The molecular formula is C26H30N4O4. The molecule has 2 aromatic carbocycles. The van der Waals surface area contributed by atoms with Gasteiger partial charge in [0.15, 0.2) is 12.4 Å². The Balaban J connectivity index is 1.40. The van der Waals surface area contributed by atoms with Gasteiger partial charge in [-0.3, -0.25) is 19.2 Å². The Kier molecular flexibility index (Phi) is 7.59. The number of hydrogen-bond donors (Lipinski definition) is 1. The van der Waals surface area contributed by atoms with Crippen molar-refractivity contribution >= 4 is 17.4 Å². The lowest BCUT2D eigenvalue weighted by atomic mass is 10.1. The molecule has 0 saturated carbocycles. The second-order valence-electron chi connectivity index (χ2n) is 8.37. The molecule has 1 saturated heterocycles. The third-order valence-electron chi connectivity index (χ3n) is 5.85. The van der Waals surface area contributed by atoms with Crippen LogP contribution >= 0.6 is 0 Å². The van der Waals surface area contributed by atoms with Crippen molar-refractivity contribution in [2.24, 2.45) is 7.05 Å². The summed E-state index contributed by atoms with van der Waals surface area (Å²) >= 11 is 0. The maximum absolute atomic E-state index is 12.5. The molecule has 0 unspecified atom stereocenters. The van der Waals surface area contributed by atoms with Crippen molar-refractivity contribution in [3.8, 4) is 22.8 Å². The van der Waals surface area contributed by atoms with E-state index in [1.807, 2.05) is 31.3 Å². The van der Waals surface area contributed by atoms with E-state index >= 15 is 0 Å². The molecule has 0 aliphatic carbocycles. The van der Waals surface area contributed by atoms with Gasteiger partial charge in [-0.05, 0) is 81.4 Å². The molecule has 34 heavy (non-hydrogen) atoms. The maximum atomic E-state index is 12.5. The number of anilines is 1. The minimum atomic E-state index is -0.283. The fourth-order valence-corrected chi connectivity index (χ4v) is 3.99. The van der Waals surface area contributed by atoms with Crippen molar-refractivity contribution in [2.75, 3.05) is 38.2 Å². The van der Waals surface area contributed by atoms with Crippen LogP contribution in [0.3, 0.4) is 0 Å². The Bertz CT molecular complexity index is 1130. The molecule has 8 heteroatoms. The first-order chi connectivity index (χ1) is 16.5. The van der Waals surface area contributed by atoms with Gasteiger partial charge in [0.2, 0.25) is 0 Å². The average molecular weight is 463 g/mol. The fraction of sp³-hybridized carbons (Fsp3) is 0.346. The molecule has 178 valence electrons. The van der Waals surface area contributed by atoms with Crippen LogP contribution in [-0.4, -0.2) is 59.2 Å². The van der Waals surface area contributed by atoms with Crippen LogP contribution in [0.1, 0.15) is 30.1 Å². The summed E-state index contributed by atoms with van der Waals surface area (Å²) in [6.07, 6.45) is 4.24. The number of hydrogen-bond acceptors (Lipinski definition) is 6. The smallest absolute Gasteiger partial charge is 0.262 e. The normalized spacial score (nSPS) is 13.6. The highest BCUT2D eigenvalue weighted by Crippen LogP contribution is 2.32. The number of likely N-dealkylation sites (tertiary alicyclic amines) is 1. The fourth-order valence-electron chi connectivity index (χ4n) is 3.99. The van der Waals surface area contributed by atoms with Crippen molar-refractivity contribution in [1.82, 2.24) is 14.7 Å². The number of ether oxygens (including phenoxy) is 2. The van der Waals surface area contributed by atoms with Gasteiger partial charge in [0, 0.05) is 36.6 Å². The van der Waals surface area contributed by atoms with E-state index in [-0.39, 0.29) is 18.3 Å². The molecule has 1 aromatic heterocycles. The number of Topliss-reactive ketones (excluding diaryl/α,β-unsaturated/α-hetero) is 1. The van der Waals surface area contributed by atoms with Crippen molar-refractivity contribution < 1.29 is 19.1 Å². The van der Waals surface area contributed by atoms with E-state index in [0.717, 1.165) is 36.6 Å². The van der Waals surface area contributed by atoms with E-state index in [9.17, 15) is 9.59 Å². The van der Waals surface area contributed by atoms with Gasteiger partial charge in [0.05, 0.1) is 5.69 Å². The van der Waals surface area contributed by atoms with Gasteiger partial charge in [-0.25, -0.2) is 0 Å². The Labute approximate surface area is 199 Å². The van der Waals surface area contributed by atoms with Crippen molar-refractivity contribution in [1.29, 1.82) is 0 Å². The summed E-state index contributed by atoms with van der Waals surface area (Å²) < 4.78 is 13.5. The number of rotatable bonds is 10. The Morgan fingerprint density at radius 1 is 1.03 bits per heavy atom. The van der Waals surface area contributed by atoms with Gasteiger partial charge in [-0.2, -0.15) is 5.10 Å². The lowest BCUT2D eigenvalue weighted by molar-refractivity contribution is -0.118. The standard InChI is InChI=1S/C26H30N4O4/c1-19(31)20-5-8-22(9-6-20)34-18-26(32)28-21-7-10-25(33-16-15-30-13-3-4-14-30)23(17-21)24-11-12-27-29(24)2/h5-12,17H,3-4,13-16,18H2,1-2H3,(H,28,32). The summed E-state index contributed by atoms with van der Waals surface area (Å²) in [5.41, 5.74) is 3.00. The molecule has 3 aromatic rings. The molecule has 1 aliphatic heterocycles. The number of nitrogens with one attached hydrogen (secondary N) is 1. The zero-order valence-electron chi connectivity index (χ0n) is 19.6. The molecule has 8 nitrogen and oxygen atoms in total. The van der Waals surface area contributed by atoms with Crippen LogP contribution in [0, 0.1) is 0 Å². The zero-order valence-corrected chi connectivity index (χ0v) is 19.6. The molecular weight excluding hydrogens is 432 g/mol. The van der Waals surface area contributed by atoms with Crippen LogP contribution < -0.4 is 14.8 Å². The molecule has 0 bridgehead atoms. The van der Waals surface area contributed by atoms with E-state index in [4.69, 9.17) is 9.47 Å². The van der Waals surface area contributed by atoms with Gasteiger partial charge in [0.25, 0.3) is 5.91 Å². The minimum Gasteiger partial charge on any atom is -0.492 e. The van der Waals surface area contributed by atoms with Crippen LogP contribution in [0.2, 0.25) is 0 Å². The molecule has 4 rings (SSSR count). The number of ketones is 1. The number of aryl methyl sites for hydroxylation is 1. The molecule has 2 heterocycles. The van der Waals surface area contributed by atoms with Crippen molar-refractivity contribution in [3.05, 3.63) is 60.3 Å². The highest BCUT2D eigenvalue weighted by Gasteiger charge is 2.15. The summed E-state index contributed by atoms with van der Waals surface area (Å²) in [4.78, 5) is 26.3. The highest BCUT2D eigenvalue weighted by molar-refractivity contribution is 5.94. The topological polar surface area (TPSA) is 85.7 Å². The largest absolute Gasteiger partial charge is 0.492 e. The summed E-state index contributed by atoms with van der Waals surface area (Å²) in [6.45, 7) is 5.13. The van der Waals surface area contributed by atoms with Gasteiger partial charge < -0.3 is 14.8 Å². The molecule has 0 radical (unpaired) electrons. The quantitative estimate of drug-likeness (QED) is 0.462. The molecule has 0 atom stereocenters. The van der Waals surface area contributed by atoms with E-state index in [0.29, 0.717) is 23.6 Å². The lowest BCUT2D eigenvalue weighted by Gasteiger charge is -2.17. The Hall–Kier alpha value is -3.65. The molecule has 1 amide bonds. The monoisotopic (exact) mass is 462 g/mol. The van der Waals surface area contributed by atoms with Crippen molar-refractivity contribution in [3.63, 3.8) is 0 Å². The third-order valence-corrected chi connectivity index (χ3v) is 5.85. The van der Waals surface area contributed by atoms with Crippen LogP contribution in [0.4, 0.5) is 5.69 Å². The first kappa shape index (κ1) is 23.5.